The lowest BCUT2D eigenvalue weighted by molar-refractivity contribution is -0.192. The highest BCUT2D eigenvalue weighted by atomic mass is 79.9. The molecule has 1 aromatic rings. The van der Waals surface area contributed by atoms with Crippen molar-refractivity contribution in [3.8, 4) is 0 Å². The molecule has 11 nitrogen and oxygen atoms in total. The zero-order chi connectivity index (χ0) is 28.9. The van der Waals surface area contributed by atoms with Crippen LogP contribution in [0.15, 0.2) is 30.3 Å². The van der Waals surface area contributed by atoms with Gasteiger partial charge in [-0.1, -0.05) is 46.3 Å². The minimum Gasteiger partial charge on any atom is -0.480 e. The van der Waals surface area contributed by atoms with Gasteiger partial charge in [0.1, 0.15) is 12.4 Å². The summed E-state index contributed by atoms with van der Waals surface area (Å²) in [5.41, 5.74) is 13.4. The van der Waals surface area contributed by atoms with Gasteiger partial charge in [0.2, 0.25) is 0 Å². The summed E-state index contributed by atoms with van der Waals surface area (Å²) in [6.07, 6.45) is -5.28. The summed E-state index contributed by atoms with van der Waals surface area (Å²) < 4.78 is 37.0. The van der Waals surface area contributed by atoms with E-state index in [2.05, 4.69) is 15.9 Å². The SMILES string of the molecule is NCCCC[C@@](N)(C(=O)OCc1ccccc1)C(=O)[C@](N)(CCC(=O)CBr)C(=O)O.O=C(O)C(F)(F)F. The average molecular weight is 600 g/mol. The number of carbonyl (C=O) groups is 5. The minimum absolute atomic E-state index is 0.0136. The molecule has 37 heavy (non-hydrogen) atoms. The molecule has 15 heteroatoms. The van der Waals surface area contributed by atoms with Gasteiger partial charge in [-0.15, -0.1) is 0 Å². The number of unbranched alkanes of at least 4 members (excludes halogenated alkanes) is 1. The van der Waals surface area contributed by atoms with Crippen LogP contribution in [0.2, 0.25) is 0 Å². The first-order valence-corrected chi connectivity index (χ1v) is 11.8. The number of halogens is 4. The first-order valence-electron chi connectivity index (χ1n) is 10.7. The number of rotatable bonds is 14. The molecule has 0 aromatic heterocycles. The predicted octanol–water partition coefficient (Wildman–Crippen LogP) is 1.29. The normalized spacial score (nSPS) is 14.2. The van der Waals surface area contributed by atoms with Crippen LogP contribution in [-0.2, 0) is 35.3 Å². The Hall–Kier alpha value is -2.88. The molecule has 0 unspecified atom stereocenters. The average Bonchev–Trinajstić information content (AvgIpc) is 2.85. The van der Waals surface area contributed by atoms with E-state index in [1.807, 2.05) is 0 Å². The van der Waals surface area contributed by atoms with E-state index in [1.165, 1.54) is 0 Å². The zero-order valence-corrected chi connectivity index (χ0v) is 21.2. The Bertz CT molecular complexity index is 949. The summed E-state index contributed by atoms with van der Waals surface area (Å²) in [6.45, 7) is 0.158. The van der Waals surface area contributed by atoms with Gasteiger partial charge in [-0.05, 0) is 37.8 Å². The molecule has 8 N–H and O–H groups in total. The summed E-state index contributed by atoms with van der Waals surface area (Å²) in [4.78, 5) is 58.4. The largest absolute Gasteiger partial charge is 0.490 e. The third-order valence-electron chi connectivity index (χ3n) is 4.98. The third kappa shape index (κ3) is 11.0. The second kappa shape index (κ2) is 15.4. The Morgan fingerprint density at radius 2 is 1.43 bits per heavy atom. The smallest absolute Gasteiger partial charge is 0.480 e. The standard InChI is InChI=1S/C20H28BrN3O6.C2HF3O2/c21-12-15(25)8-10-19(23,17(27)28)16(26)20(24,9-4-5-11-22)18(29)30-13-14-6-2-1-3-7-14;3-2(4,5)1(6)7/h1-3,6-7H,4-5,8-13,22-24H2,(H,27,28);(H,6,7)/t19-,20+;/m1./s1. The van der Waals surface area contributed by atoms with Gasteiger partial charge < -0.3 is 32.2 Å². The Balaban J connectivity index is 0.00000161. The topological polar surface area (TPSA) is 213 Å². The fraction of sp³-hybridized carbons (Fsp3) is 0.500. The lowest BCUT2D eigenvalue weighted by Gasteiger charge is -2.33. The quantitative estimate of drug-likeness (QED) is 0.0888. The summed E-state index contributed by atoms with van der Waals surface area (Å²) in [5, 5.41) is 16.7. The Kier molecular flexibility index (Phi) is 14.2. The summed E-state index contributed by atoms with van der Waals surface area (Å²) in [6, 6.07) is 8.73. The fourth-order valence-electron chi connectivity index (χ4n) is 2.83. The highest BCUT2D eigenvalue weighted by Crippen LogP contribution is 2.25. The van der Waals surface area contributed by atoms with Gasteiger partial charge >= 0.3 is 24.1 Å². The number of ether oxygens (including phenoxy) is 1. The summed E-state index contributed by atoms with van der Waals surface area (Å²) >= 11 is 2.97. The van der Waals surface area contributed by atoms with Crippen LogP contribution in [0.4, 0.5) is 13.2 Å². The molecule has 2 atom stereocenters. The number of esters is 1. The van der Waals surface area contributed by atoms with E-state index in [-0.39, 0.29) is 37.0 Å². The molecule has 0 saturated carbocycles. The molecule has 0 aliphatic heterocycles. The maximum atomic E-state index is 13.2. The molecule has 208 valence electrons. The van der Waals surface area contributed by atoms with Crippen LogP contribution in [0.1, 0.15) is 37.7 Å². The van der Waals surface area contributed by atoms with Crippen molar-refractivity contribution >= 4 is 45.4 Å². The van der Waals surface area contributed by atoms with Crippen LogP contribution in [0.5, 0.6) is 0 Å². The van der Waals surface area contributed by atoms with E-state index in [4.69, 9.17) is 31.8 Å². The van der Waals surface area contributed by atoms with E-state index >= 15 is 0 Å². The van der Waals surface area contributed by atoms with Crippen LogP contribution < -0.4 is 17.2 Å². The van der Waals surface area contributed by atoms with Gasteiger partial charge in [-0.25, -0.2) is 14.4 Å². The lowest BCUT2D eigenvalue weighted by Crippen LogP contribution is -2.69. The van der Waals surface area contributed by atoms with Gasteiger partial charge in [0.05, 0.1) is 5.33 Å². The molecule has 0 bridgehead atoms. The van der Waals surface area contributed by atoms with Crippen LogP contribution >= 0.6 is 15.9 Å². The van der Waals surface area contributed by atoms with Crippen molar-refractivity contribution in [3.05, 3.63) is 35.9 Å². The van der Waals surface area contributed by atoms with Crippen molar-refractivity contribution in [2.45, 2.75) is 56.0 Å². The Morgan fingerprint density at radius 3 is 1.86 bits per heavy atom. The minimum atomic E-state index is -5.08. The fourth-order valence-corrected chi connectivity index (χ4v) is 3.11. The summed E-state index contributed by atoms with van der Waals surface area (Å²) in [5.74, 6) is -7.03. The van der Waals surface area contributed by atoms with Gasteiger partial charge in [-0.2, -0.15) is 13.2 Å². The molecule has 0 aliphatic rings. The van der Waals surface area contributed by atoms with E-state index in [0.717, 1.165) is 0 Å². The molecular formula is C22H29BrF3N3O8. The van der Waals surface area contributed by atoms with Crippen molar-refractivity contribution in [2.24, 2.45) is 17.2 Å². The predicted molar refractivity (Wildman–Crippen MR) is 127 cm³/mol. The van der Waals surface area contributed by atoms with Crippen molar-refractivity contribution in [3.63, 3.8) is 0 Å². The number of Topliss-reactive ketones (excluding diaryl/α,β-unsaturated/α-hetero) is 2. The summed E-state index contributed by atoms with van der Waals surface area (Å²) in [7, 11) is 0. The molecule has 0 fully saturated rings. The molecule has 0 saturated heterocycles. The first-order chi connectivity index (χ1) is 17.1. The highest BCUT2D eigenvalue weighted by Gasteiger charge is 2.55. The number of carbonyl (C=O) groups excluding carboxylic acids is 3. The number of alkyl halides is 4. The molecule has 0 amide bonds. The van der Waals surface area contributed by atoms with Crippen molar-refractivity contribution in [2.75, 3.05) is 11.9 Å². The number of carboxylic acids is 2. The van der Waals surface area contributed by atoms with Gasteiger partial charge in [0.15, 0.2) is 16.9 Å². The van der Waals surface area contributed by atoms with E-state index in [1.54, 1.807) is 30.3 Å². The van der Waals surface area contributed by atoms with Crippen molar-refractivity contribution < 1.29 is 52.1 Å². The number of hydrogen-bond acceptors (Lipinski definition) is 9. The van der Waals surface area contributed by atoms with Crippen LogP contribution in [0, 0.1) is 0 Å². The van der Waals surface area contributed by atoms with E-state index in [9.17, 15) is 37.5 Å². The van der Waals surface area contributed by atoms with E-state index in [0.29, 0.717) is 18.5 Å². The lowest BCUT2D eigenvalue weighted by atomic mass is 9.76. The second-order valence-corrected chi connectivity index (χ2v) is 8.42. The maximum Gasteiger partial charge on any atom is 0.490 e. The molecule has 0 radical (unpaired) electrons. The Labute approximate surface area is 218 Å². The van der Waals surface area contributed by atoms with Gasteiger partial charge in [0.25, 0.3) is 0 Å². The number of carboxylic acid groups (broad SMARTS) is 2. The van der Waals surface area contributed by atoms with Crippen molar-refractivity contribution in [1.29, 1.82) is 0 Å². The molecular weight excluding hydrogens is 571 g/mol. The number of aliphatic carboxylic acids is 2. The third-order valence-corrected chi connectivity index (χ3v) is 5.61. The zero-order valence-electron chi connectivity index (χ0n) is 19.6. The van der Waals surface area contributed by atoms with Gasteiger partial charge in [0, 0.05) is 6.42 Å². The maximum absolute atomic E-state index is 13.2. The first kappa shape index (κ1) is 34.1. The number of nitrogens with two attached hydrogens (primary N) is 3. The van der Waals surface area contributed by atoms with E-state index < -0.39 is 47.4 Å². The molecule has 0 aliphatic carbocycles. The molecule has 0 spiro atoms. The van der Waals surface area contributed by atoms with Crippen molar-refractivity contribution in [1.82, 2.24) is 0 Å². The molecule has 0 heterocycles. The van der Waals surface area contributed by atoms with Crippen LogP contribution in [-0.4, -0.2) is 68.8 Å². The monoisotopic (exact) mass is 599 g/mol. The molecule has 1 aromatic carbocycles. The van der Waals surface area contributed by atoms with Crippen LogP contribution in [0.3, 0.4) is 0 Å². The number of hydrogen-bond donors (Lipinski definition) is 5. The van der Waals surface area contributed by atoms with Crippen LogP contribution in [0.25, 0.3) is 0 Å². The Morgan fingerprint density at radius 1 is 0.892 bits per heavy atom. The number of ketones is 2. The number of benzene rings is 1. The second-order valence-electron chi connectivity index (χ2n) is 7.86. The highest BCUT2D eigenvalue weighted by molar-refractivity contribution is 9.09. The molecule has 1 rings (SSSR count). The van der Waals surface area contributed by atoms with Gasteiger partial charge in [-0.3, -0.25) is 9.59 Å².